The van der Waals surface area contributed by atoms with Gasteiger partial charge in [0.25, 0.3) is 0 Å². The van der Waals surface area contributed by atoms with E-state index in [2.05, 4.69) is 26.0 Å². The molecule has 2 nitrogen and oxygen atoms in total. The second kappa shape index (κ2) is 6.62. The monoisotopic (exact) mass is 276 g/mol. The molecule has 0 aliphatic heterocycles. The van der Waals surface area contributed by atoms with Crippen molar-refractivity contribution < 1.29 is 9.47 Å². The van der Waals surface area contributed by atoms with Crippen molar-refractivity contribution in [1.29, 1.82) is 0 Å². The fourth-order valence-corrected chi connectivity index (χ4v) is 3.40. The Morgan fingerprint density at radius 2 is 1.70 bits per heavy atom. The number of hydrogen-bond acceptors (Lipinski definition) is 2. The zero-order valence-corrected chi connectivity index (χ0v) is 13.3. The number of benzene rings is 1. The molecule has 0 spiro atoms. The first-order valence-electron chi connectivity index (χ1n) is 7.76. The summed E-state index contributed by atoms with van der Waals surface area (Å²) in [6.07, 6.45) is 5.96. The lowest BCUT2D eigenvalue weighted by molar-refractivity contribution is -0.0525. The van der Waals surface area contributed by atoms with Crippen molar-refractivity contribution in [3.8, 4) is 5.75 Å². The Labute approximate surface area is 123 Å². The predicted octanol–water partition coefficient (Wildman–Crippen LogP) is 4.47. The summed E-state index contributed by atoms with van der Waals surface area (Å²) >= 11 is 0. The van der Waals surface area contributed by atoms with Crippen LogP contribution in [0.25, 0.3) is 0 Å². The van der Waals surface area contributed by atoms with Crippen molar-refractivity contribution in [2.75, 3.05) is 14.2 Å². The van der Waals surface area contributed by atoms with Gasteiger partial charge < -0.3 is 9.47 Å². The molecule has 1 aliphatic carbocycles. The zero-order chi connectivity index (χ0) is 14.6. The van der Waals surface area contributed by atoms with Gasteiger partial charge in [-0.1, -0.05) is 26.0 Å². The summed E-state index contributed by atoms with van der Waals surface area (Å²) < 4.78 is 11.2. The van der Waals surface area contributed by atoms with E-state index >= 15 is 0 Å². The normalized spacial score (nSPS) is 26.8. The minimum atomic E-state index is 0.0416. The van der Waals surface area contributed by atoms with Gasteiger partial charge in [0.15, 0.2) is 0 Å². The van der Waals surface area contributed by atoms with Crippen LogP contribution in [0.5, 0.6) is 5.75 Å². The Morgan fingerprint density at radius 3 is 2.15 bits per heavy atom. The van der Waals surface area contributed by atoms with Gasteiger partial charge in [-0.15, -0.1) is 0 Å². The van der Waals surface area contributed by atoms with Gasteiger partial charge >= 0.3 is 0 Å². The lowest BCUT2D eigenvalue weighted by Crippen LogP contribution is -2.39. The molecule has 0 N–H and O–H groups in total. The average molecular weight is 276 g/mol. The fourth-order valence-electron chi connectivity index (χ4n) is 3.40. The van der Waals surface area contributed by atoms with Gasteiger partial charge in [-0.25, -0.2) is 0 Å². The molecule has 0 amide bonds. The molecule has 2 rings (SSSR count). The Kier molecular flexibility index (Phi) is 5.09. The van der Waals surface area contributed by atoms with E-state index < -0.39 is 0 Å². The third-order valence-corrected chi connectivity index (χ3v) is 5.00. The van der Waals surface area contributed by atoms with Crippen molar-refractivity contribution in [2.45, 2.75) is 51.6 Å². The first kappa shape index (κ1) is 15.4. The van der Waals surface area contributed by atoms with Crippen LogP contribution in [-0.2, 0) is 11.2 Å². The molecule has 0 atom stereocenters. The highest BCUT2D eigenvalue weighted by molar-refractivity contribution is 5.28. The quantitative estimate of drug-likeness (QED) is 0.790. The van der Waals surface area contributed by atoms with E-state index in [-0.39, 0.29) is 5.60 Å². The summed E-state index contributed by atoms with van der Waals surface area (Å²) in [5, 5.41) is 0. The molecular formula is C18H28O2. The standard InChI is InChI=1S/C18H28O2/c1-14(2)16-9-11-18(20-4,12-10-16)13-15-5-7-17(19-3)8-6-15/h5-8,14,16H,9-13H2,1-4H3. The van der Waals surface area contributed by atoms with Crippen molar-refractivity contribution in [3.63, 3.8) is 0 Å². The highest BCUT2D eigenvalue weighted by Crippen LogP contribution is 2.39. The average Bonchev–Trinajstić information content (AvgIpc) is 2.48. The van der Waals surface area contributed by atoms with Gasteiger partial charge in [0, 0.05) is 13.5 Å². The number of ether oxygens (including phenoxy) is 2. The van der Waals surface area contributed by atoms with Crippen molar-refractivity contribution in [1.82, 2.24) is 0 Å². The summed E-state index contributed by atoms with van der Waals surface area (Å²) in [5.74, 6) is 2.59. The van der Waals surface area contributed by atoms with Crippen LogP contribution in [0.3, 0.4) is 0 Å². The van der Waals surface area contributed by atoms with Gasteiger partial charge in [-0.05, 0) is 55.2 Å². The van der Waals surface area contributed by atoms with Crippen LogP contribution in [0.1, 0.15) is 45.1 Å². The first-order chi connectivity index (χ1) is 9.58. The summed E-state index contributed by atoms with van der Waals surface area (Å²) in [6, 6.07) is 8.40. The van der Waals surface area contributed by atoms with Crippen LogP contribution < -0.4 is 4.74 Å². The fraction of sp³-hybridized carbons (Fsp3) is 0.667. The van der Waals surface area contributed by atoms with Crippen LogP contribution in [0.4, 0.5) is 0 Å². The third kappa shape index (κ3) is 3.54. The minimum absolute atomic E-state index is 0.0416. The molecule has 112 valence electrons. The molecule has 1 aromatic carbocycles. The smallest absolute Gasteiger partial charge is 0.118 e. The highest BCUT2D eigenvalue weighted by Gasteiger charge is 2.36. The molecule has 2 heteroatoms. The molecule has 1 fully saturated rings. The molecule has 0 heterocycles. The molecule has 0 aromatic heterocycles. The van der Waals surface area contributed by atoms with Crippen LogP contribution >= 0.6 is 0 Å². The maximum absolute atomic E-state index is 5.94. The maximum Gasteiger partial charge on any atom is 0.118 e. The molecule has 1 saturated carbocycles. The lowest BCUT2D eigenvalue weighted by atomic mass is 9.72. The zero-order valence-electron chi connectivity index (χ0n) is 13.3. The van der Waals surface area contributed by atoms with Crippen molar-refractivity contribution in [3.05, 3.63) is 29.8 Å². The summed E-state index contributed by atoms with van der Waals surface area (Å²) in [4.78, 5) is 0. The number of hydrogen-bond donors (Lipinski definition) is 0. The largest absolute Gasteiger partial charge is 0.497 e. The topological polar surface area (TPSA) is 18.5 Å². The molecular weight excluding hydrogens is 248 g/mol. The van der Waals surface area contributed by atoms with E-state index in [1.807, 2.05) is 19.2 Å². The van der Waals surface area contributed by atoms with E-state index in [0.717, 1.165) is 24.0 Å². The molecule has 1 aliphatic rings. The van der Waals surface area contributed by atoms with E-state index in [0.29, 0.717) is 0 Å². The van der Waals surface area contributed by atoms with Crippen LogP contribution in [0, 0.1) is 11.8 Å². The van der Waals surface area contributed by atoms with Gasteiger partial charge in [-0.2, -0.15) is 0 Å². The second-order valence-electron chi connectivity index (χ2n) is 6.49. The van der Waals surface area contributed by atoms with E-state index in [4.69, 9.17) is 9.47 Å². The van der Waals surface area contributed by atoms with Gasteiger partial charge in [-0.3, -0.25) is 0 Å². The van der Waals surface area contributed by atoms with Gasteiger partial charge in [0.1, 0.15) is 5.75 Å². The summed E-state index contributed by atoms with van der Waals surface area (Å²) in [7, 11) is 3.58. The van der Waals surface area contributed by atoms with Crippen LogP contribution in [0.2, 0.25) is 0 Å². The van der Waals surface area contributed by atoms with E-state index in [9.17, 15) is 0 Å². The van der Waals surface area contributed by atoms with Gasteiger partial charge in [0.05, 0.1) is 12.7 Å². The summed E-state index contributed by atoms with van der Waals surface area (Å²) in [6.45, 7) is 4.68. The second-order valence-corrected chi connectivity index (χ2v) is 6.49. The summed E-state index contributed by atoms with van der Waals surface area (Å²) in [5.41, 5.74) is 1.38. The van der Waals surface area contributed by atoms with Crippen molar-refractivity contribution >= 4 is 0 Å². The number of rotatable bonds is 5. The van der Waals surface area contributed by atoms with Crippen LogP contribution in [-0.4, -0.2) is 19.8 Å². The SMILES string of the molecule is COc1ccc(CC2(OC)CCC(C(C)C)CC2)cc1. The Morgan fingerprint density at radius 1 is 1.10 bits per heavy atom. The Balaban J connectivity index is 2.01. The maximum atomic E-state index is 5.94. The third-order valence-electron chi connectivity index (χ3n) is 5.00. The first-order valence-corrected chi connectivity index (χ1v) is 7.76. The Hall–Kier alpha value is -1.02. The van der Waals surface area contributed by atoms with Crippen LogP contribution in [0.15, 0.2) is 24.3 Å². The molecule has 0 radical (unpaired) electrons. The number of methoxy groups -OCH3 is 2. The molecule has 0 bridgehead atoms. The highest BCUT2D eigenvalue weighted by atomic mass is 16.5. The molecule has 20 heavy (non-hydrogen) atoms. The van der Waals surface area contributed by atoms with E-state index in [1.165, 1.54) is 31.2 Å². The van der Waals surface area contributed by atoms with Gasteiger partial charge in [0.2, 0.25) is 0 Å². The van der Waals surface area contributed by atoms with E-state index in [1.54, 1.807) is 7.11 Å². The minimum Gasteiger partial charge on any atom is -0.497 e. The van der Waals surface area contributed by atoms with Crippen molar-refractivity contribution in [2.24, 2.45) is 11.8 Å². The predicted molar refractivity (Wildman–Crippen MR) is 83.2 cm³/mol. The lowest BCUT2D eigenvalue weighted by Gasteiger charge is -2.40. The molecule has 0 unspecified atom stereocenters. The molecule has 1 aromatic rings. The molecule has 0 saturated heterocycles. The Bertz CT molecular complexity index is 400.